The molecule has 1 atom stereocenters. The molecule has 0 radical (unpaired) electrons. The molecule has 6 heteroatoms. The SMILES string of the molecule is Cc1c(/C=C/C(=O)O)ccc2c1nnn2C(C)CCCCOCc1ccccc1. The number of aliphatic carboxylic acids is 1. The van der Waals surface area contributed by atoms with Gasteiger partial charge in [0, 0.05) is 12.7 Å². The minimum atomic E-state index is -0.963. The number of nitrogens with zero attached hydrogens (tertiary/aromatic N) is 3. The van der Waals surface area contributed by atoms with Crippen LogP contribution in [0, 0.1) is 6.92 Å². The van der Waals surface area contributed by atoms with E-state index in [9.17, 15) is 4.79 Å². The van der Waals surface area contributed by atoms with Gasteiger partial charge >= 0.3 is 5.97 Å². The van der Waals surface area contributed by atoms with Gasteiger partial charge < -0.3 is 9.84 Å². The number of aryl methyl sites for hydroxylation is 1. The summed E-state index contributed by atoms with van der Waals surface area (Å²) in [5, 5.41) is 17.5. The van der Waals surface area contributed by atoms with Crippen LogP contribution in [0.1, 0.15) is 48.9 Å². The average Bonchev–Trinajstić information content (AvgIpc) is 3.15. The Balaban J connectivity index is 1.52. The summed E-state index contributed by atoms with van der Waals surface area (Å²) in [5.74, 6) is -0.963. The number of fused-ring (bicyclic) bond motifs is 1. The summed E-state index contributed by atoms with van der Waals surface area (Å²) >= 11 is 0. The third kappa shape index (κ3) is 5.51. The Morgan fingerprint density at radius 3 is 2.76 bits per heavy atom. The summed E-state index contributed by atoms with van der Waals surface area (Å²) in [4.78, 5) is 10.8. The second kappa shape index (κ2) is 9.98. The molecular weight excluding hydrogens is 366 g/mol. The molecule has 0 bridgehead atoms. The van der Waals surface area contributed by atoms with Crippen LogP contribution >= 0.6 is 0 Å². The van der Waals surface area contributed by atoms with Gasteiger partial charge in [-0.15, -0.1) is 5.10 Å². The number of carboxylic acid groups (broad SMARTS) is 1. The van der Waals surface area contributed by atoms with E-state index in [0.717, 1.165) is 54.1 Å². The Morgan fingerprint density at radius 1 is 1.21 bits per heavy atom. The van der Waals surface area contributed by atoms with Gasteiger partial charge in [-0.2, -0.15) is 0 Å². The zero-order valence-corrected chi connectivity index (χ0v) is 16.9. The van der Waals surface area contributed by atoms with Crippen molar-refractivity contribution in [3.63, 3.8) is 0 Å². The molecule has 3 aromatic rings. The highest BCUT2D eigenvalue weighted by Gasteiger charge is 2.14. The highest BCUT2D eigenvalue weighted by molar-refractivity contribution is 5.88. The Labute approximate surface area is 170 Å². The van der Waals surface area contributed by atoms with Crippen LogP contribution in [0.15, 0.2) is 48.5 Å². The van der Waals surface area contributed by atoms with Gasteiger partial charge in [-0.1, -0.05) is 41.6 Å². The van der Waals surface area contributed by atoms with Crippen LogP contribution in [0.5, 0.6) is 0 Å². The number of hydrogen-bond acceptors (Lipinski definition) is 4. The van der Waals surface area contributed by atoms with Crippen molar-refractivity contribution in [1.29, 1.82) is 0 Å². The van der Waals surface area contributed by atoms with Crippen molar-refractivity contribution >= 4 is 23.1 Å². The van der Waals surface area contributed by atoms with E-state index in [1.165, 1.54) is 5.56 Å². The molecule has 1 aromatic heterocycles. The van der Waals surface area contributed by atoms with Gasteiger partial charge in [0.05, 0.1) is 18.2 Å². The molecule has 0 saturated heterocycles. The maximum atomic E-state index is 10.8. The predicted molar refractivity (Wildman–Crippen MR) is 114 cm³/mol. The van der Waals surface area contributed by atoms with Crippen molar-refractivity contribution in [3.8, 4) is 0 Å². The van der Waals surface area contributed by atoms with Gasteiger partial charge in [-0.25, -0.2) is 9.48 Å². The average molecular weight is 393 g/mol. The number of carboxylic acids is 1. The second-order valence-corrected chi connectivity index (χ2v) is 7.24. The zero-order chi connectivity index (χ0) is 20.6. The van der Waals surface area contributed by atoms with Crippen molar-refractivity contribution in [3.05, 3.63) is 65.2 Å². The molecule has 152 valence electrons. The molecule has 0 aliphatic heterocycles. The highest BCUT2D eigenvalue weighted by atomic mass is 16.5. The fourth-order valence-corrected chi connectivity index (χ4v) is 3.35. The van der Waals surface area contributed by atoms with Gasteiger partial charge in [0.2, 0.25) is 0 Å². The smallest absolute Gasteiger partial charge is 0.328 e. The largest absolute Gasteiger partial charge is 0.478 e. The topological polar surface area (TPSA) is 77.2 Å². The van der Waals surface area contributed by atoms with Crippen molar-refractivity contribution < 1.29 is 14.6 Å². The van der Waals surface area contributed by atoms with Crippen LogP contribution in [0.25, 0.3) is 17.1 Å². The molecule has 2 aromatic carbocycles. The van der Waals surface area contributed by atoms with E-state index < -0.39 is 5.97 Å². The van der Waals surface area contributed by atoms with E-state index in [1.807, 2.05) is 41.9 Å². The van der Waals surface area contributed by atoms with Gasteiger partial charge in [-0.3, -0.25) is 0 Å². The molecule has 1 unspecified atom stereocenters. The standard InChI is InChI=1S/C23H27N3O3/c1-17(8-6-7-15-29-16-19-9-4-3-5-10-19)26-21-13-11-20(12-14-22(27)28)18(2)23(21)24-25-26/h3-5,9-14,17H,6-8,15-16H2,1-2H3,(H,27,28)/b14-12+. The quantitative estimate of drug-likeness (QED) is 0.396. The van der Waals surface area contributed by atoms with Crippen LogP contribution in [0.3, 0.4) is 0 Å². The summed E-state index contributed by atoms with van der Waals surface area (Å²) in [5.41, 5.74) is 4.77. The first-order valence-corrected chi connectivity index (χ1v) is 9.93. The van der Waals surface area contributed by atoms with E-state index in [-0.39, 0.29) is 6.04 Å². The first-order chi connectivity index (χ1) is 14.1. The maximum absolute atomic E-state index is 10.8. The summed E-state index contributed by atoms with van der Waals surface area (Å²) in [6.07, 6.45) is 5.78. The minimum Gasteiger partial charge on any atom is -0.478 e. The second-order valence-electron chi connectivity index (χ2n) is 7.24. The predicted octanol–water partition coefficient (Wildman–Crippen LogP) is 4.79. The van der Waals surface area contributed by atoms with Gasteiger partial charge in [0.25, 0.3) is 0 Å². The van der Waals surface area contributed by atoms with Crippen molar-refractivity contribution in [2.24, 2.45) is 0 Å². The Hall–Kier alpha value is -2.99. The van der Waals surface area contributed by atoms with Gasteiger partial charge in [0.1, 0.15) is 5.52 Å². The van der Waals surface area contributed by atoms with Crippen LogP contribution in [0.2, 0.25) is 0 Å². The highest BCUT2D eigenvalue weighted by Crippen LogP contribution is 2.24. The monoisotopic (exact) mass is 393 g/mol. The lowest BCUT2D eigenvalue weighted by Gasteiger charge is -2.13. The fraction of sp³-hybridized carbons (Fsp3) is 0.348. The molecule has 0 spiro atoms. The molecule has 0 saturated carbocycles. The first-order valence-electron chi connectivity index (χ1n) is 9.93. The molecule has 0 aliphatic carbocycles. The number of aromatic nitrogens is 3. The molecule has 29 heavy (non-hydrogen) atoms. The lowest BCUT2D eigenvalue weighted by molar-refractivity contribution is -0.131. The van der Waals surface area contributed by atoms with E-state index in [1.54, 1.807) is 6.08 Å². The third-order valence-electron chi connectivity index (χ3n) is 5.03. The van der Waals surface area contributed by atoms with Gasteiger partial charge in [-0.05, 0) is 61.9 Å². The number of hydrogen-bond donors (Lipinski definition) is 1. The van der Waals surface area contributed by atoms with Crippen molar-refractivity contribution in [1.82, 2.24) is 15.0 Å². The Morgan fingerprint density at radius 2 is 2.00 bits per heavy atom. The van der Waals surface area contributed by atoms with E-state index in [2.05, 4.69) is 29.4 Å². The van der Waals surface area contributed by atoms with E-state index in [4.69, 9.17) is 9.84 Å². The van der Waals surface area contributed by atoms with Crippen LogP contribution in [-0.4, -0.2) is 32.7 Å². The minimum absolute atomic E-state index is 0.230. The van der Waals surface area contributed by atoms with Crippen LogP contribution in [-0.2, 0) is 16.1 Å². The summed E-state index contributed by atoms with van der Waals surface area (Å²) in [7, 11) is 0. The zero-order valence-electron chi connectivity index (χ0n) is 16.9. The number of ether oxygens (including phenoxy) is 1. The number of rotatable bonds is 10. The van der Waals surface area contributed by atoms with Crippen molar-refractivity contribution in [2.45, 2.75) is 45.8 Å². The molecule has 0 amide bonds. The molecule has 0 aliphatic rings. The Kier molecular flexibility index (Phi) is 7.14. The van der Waals surface area contributed by atoms with Gasteiger partial charge in [0.15, 0.2) is 0 Å². The third-order valence-corrected chi connectivity index (χ3v) is 5.03. The van der Waals surface area contributed by atoms with E-state index >= 15 is 0 Å². The summed E-state index contributed by atoms with van der Waals surface area (Å²) < 4.78 is 7.70. The molecule has 6 nitrogen and oxygen atoms in total. The fourth-order valence-electron chi connectivity index (χ4n) is 3.35. The molecule has 0 fully saturated rings. The lowest BCUT2D eigenvalue weighted by Crippen LogP contribution is -2.07. The first kappa shape index (κ1) is 20.7. The lowest BCUT2D eigenvalue weighted by atomic mass is 10.1. The number of carbonyl (C=O) groups is 1. The molecule has 1 N–H and O–H groups in total. The summed E-state index contributed by atoms with van der Waals surface area (Å²) in [6, 6.07) is 14.3. The van der Waals surface area contributed by atoms with Crippen LogP contribution in [0.4, 0.5) is 0 Å². The molecule has 3 rings (SSSR count). The number of unbranched alkanes of at least 4 members (excludes halogenated alkanes) is 1. The Bertz CT molecular complexity index is 980. The normalized spacial score (nSPS) is 12.6. The number of benzene rings is 2. The van der Waals surface area contributed by atoms with Crippen molar-refractivity contribution in [2.75, 3.05) is 6.61 Å². The van der Waals surface area contributed by atoms with Crippen LogP contribution < -0.4 is 0 Å². The molecule has 1 heterocycles. The summed E-state index contributed by atoms with van der Waals surface area (Å²) in [6.45, 7) is 5.49. The maximum Gasteiger partial charge on any atom is 0.328 e. The molecular formula is C23H27N3O3. The van der Waals surface area contributed by atoms with E-state index in [0.29, 0.717) is 6.61 Å².